The first-order valence-electron chi connectivity index (χ1n) is 15.3. The lowest BCUT2D eigenvalue weighted by Gasteiger charge is -2.31. The van der Waals surface area contributed by atoms with Crippen molar-refractivity contribution in [2.24, 2.45) is 59.2 Å². The van der Waals surface area contributed by atoms with E-state index in [1.165, 1.54) is 33.4 Å². The molecule has 0 spiro atoms. The largest absolute Gasteiger partial charge is 0.481 e. The van der Waals surface area contributed by atoms with Gasteiger partial charge in [-0.15, -0.1) is 0 Å². The molecule has 2 aliphatic rings. The summed E-state index contributed by atoms with van der Waals surface area (Å²) >= 11 is 0. The minimum atomic E-state index is -3.44. The van der Waals surface area contributed by atoms with Crippen LogP contribution in [-0.2, 0) is 29.6 Å². The molecule has 4 unspecified atom stereocenters. The molecule has 2 saturated carbocycles. The Morgan fingerprint density at radius 1 is 0.786 bits per heavy atom. The number of carboxylic acids is 1. The maximum absolute atomic E-state index is 12.4. The number of rotatable bonds is 10. The second kappa shape index (κ2) is 18.6. The van der Waals surface area contributed by atoms with E-state index in [9.17, 15) is 26.4 Å². The van der Waals surface area contributed by atoms with Crippen molar-refractivity contribution in [3.05, 3.63) is 0 Å². The van der Waals surface area contributed by atoms with Crippen LogP contribution in [0.25, 0.3) is 0 Å². The fourth-order valence-corrected chi connectivity index (χ4v) is 7.36. The molecule has 2 N–H and O–H groups in total. The monoisotopic (exact) mass is 640 g/mol. The number of aliphatic carboxylic acids is 1. The lowest BCUT2D eigenvalue weighted by atomic mass is 9.77. The van der Waals surface area contributed by atoms with Crippen molar-refractivity contribution in [2.45, 2.75) is 102 Å². The summed E-state index contributed by atoms with van der Waals surface area (Å²) in [5.74, 6) is 3.16. The van der Waals surface area contributed by atoms with Crippen LogP contribution < -0.4 is 4.72 Å². The van der Waals surface area contributed by atoms with Crippen LogP contribution in [0.3, 0.4) is 0 Å². The highest BCUT2D eigenvalue weighted by Gasteiger charge is 2.39. The number of carbonyl (C=O) groups excluding carboxylic acids is 1. The molecule has 252 valence electrons. The van der Waals surface area contributed by atoms with Gasteiger partial charge in [0.15, 0.2) is 0 Å². The van der Waals surface area contributed by atoms with E-state index in [1.807, 2.05) is 13.8 Å². The van der Waals surface area contributed by atoms with Gasteiger partial charge in [0, 0.05) is 13.0 Å². The molecule has 0 heterocycles. The van der Waals surface area contributed by atoms with E-state index < -0.39 is 26.0 Å². The van der Waals surface area contributed by atoms with Gasteiger partial charge in [0.2, 0.25) is 26.0 Å². The number of carbonyl (C=O) groups is 2. The molecule has 0 aromatic rings. The van der Waals surface area contributed by atoms with E-state index >= 15 is 0 Å². The van der Waals surface area contributed by atoms with Crippen molar-refractivity contribution < 1.29 is 31.5 Å². The van der Waals surface area contributed by atoms with Gasteiger partial charge in [-0.2, -0.15) is 0 Å². The van der Waals surface area contributed by atoms with E-state index in [-0.39, 0.29) is 42.6 Å². The zero-order valence-corrected chi connectivity index (χ0v) is 29.3. The van der Waals surface area contributed by atoms with Gasteiger partial charge >= 0.3 is 5.97 Å². The second-order valence-electron chi connectivity index (χ2n) is 12.6. The Morgan fingerprint density at radius 2 is 1.17 bits per heavy atom. The predicted octanol–water partition coefficient (Wildman–Crippen LogP) is 5.97. The Morgan fingerprint density at radius 3 is 1.40 bits per heavy atom. The summed E-state index contributed by atoms with van der Waals surface area (Å²) in [4.78, 5) is 23.3. The van der Waals surface area contributed by atoms with Gasteiger partial charge in [0.05, 0.1) is 17.4 Å². The molecular weight excluding hydrogens is 576 g/mol. The van der Waals surface area contributed by atoms with Gasteiger partial charge in [-0.3, -0.25) is 9.59 Å². The van der Waals surface area contributed by atoms with Crippen LogP contribution in [-0.4, -0.2) is 63.7 Å². The normalized spacial score (nSPS) is 28.5. The SMILES string of the molecule is C.CC(C(=O)O)C(C)[C@H]1CC[C@@H](C)[C@H]1C.CCS(=O)(=O)N(C)C(=O)C(C)C(C)[C@H]1CC[C@@H](C)[C@H]1C.CCS(=O)(=O)NC. The van der Waals surface area contributed by atoms with Gasteiger partial charge < -0.3 is 5.11 Å². The van der Waals surface area contributed by atoms with Crippen molar-refractivity contribution in [1.29, 1.82) is 0 Å². The van der Waals surface area contributed by atoms with Crippen LogP contribution in [0, 0.1) is 59.2 Å². The highest BCUT2D eigenvalue weighted by molar-refractivity contribution is 7.89. The van der Waals surface area contributed by atoms with E-state index in [0.29, 0.717) is 35.5 Å². The summed E-state index contributed by atoms with van der Waals surface area (Å²) in [7, 11) is -3.57. The molecular formula is C31H64N2O7S2. The van der Waals surface area contributed by atoms with Crippen molar-refractivity contribution >= 4 is 31.9 Å². The zero-order chi connectivity index (χ0) is 32.5. The Hall–Kier alpha value is -1.20. The molecule has 0 radical (unpaired) electrons. The number of hydrogen-bond donors (Lipinski definition) is 2. The highest BCUT2D eigenvalue weighted by Crippen LogP contribution is 2.44. The quantitative estimate of drug-likeness (QED) is 0.300. The molecule has 11 heteroatoms. The van der Waals surface area contributed by atoms with Crippen molar-refractivity contribution in [3.63, 3.8) is 0 Å². The van der Waals surface area contributed by atoms with Crippen LogP contribution in [0.5, 0.6) is 0 Å². The Kier molecular flexibility index (Phi) is 19.0. The Labute approximate surface area is 259 Å². The molecule has 9 nitrogen and oxygen atoms in total. The Balaban J connectivity index is 0. The van der Waals surface area contributed by atoms with Gasteiger partial charge in [0.25, 0.3) is 0 Å². The molecule has 1 amide bonds. The van der Waals surface area contributed by atoms with E-state index in [1.54, 1.807) is 13.8 Å². The zero-order valence-electron chi connectivity index (χ0n) is 27.7. The summed E-state index contributed by atoms with van der Waals surface area (Å²) in [6, 6.07) is 0. The maximum Gasteiger partial charge on any atom is 0.306 e. The first kappa shape index (κ1) is 42.9. The van der Waals surface area contributed by atoms with Crippen molar-refractivity contribution in [1.82, 2.24) is 9.03 Å². The van der Waals surface area contributed by atoms with Crippen LogP contribution in [0.15, 0.2) is 0 Å². The standard InChI is InChI=1S/C15H29NO3S.C12H22O2.C3H9NO2S.CH4/c1-7-20(18,19)16(6)15(17)13(5)12(4)14-9-8-10(2)11(14)3;1-7-5-6-11(8(7)2)9(3)10(4)12(13)14;1-3-7(5,6)4-2;/h10-14H,7-9H2,1-6H3;7-11H,5-6H2,1-4H3,(H,13,14);4H,3H2,1-2H3;1H4/t10-,11-,12?,13?,14+;7-,8-,9?,10?,11+;;/m11../s1. The minimum absolute atomic E-state index is 0. The number of sulfonamides is 2. The molecule has 10 atom stereocenters. The first-order chi connectivity index (χ1) is 18.7. The fourth-order valence-electron chi connectivity index (χ4n) is 6.24. The molecule has 0 aromatic carbocycles. The summed E-state index contributed by atoms with van der Waals surface area (Å²) in [5, 5.41) is 8.96. The minimum Gasteiger partial charge on any atom is -0.481 e. The molecule has 2 fully saturated rings. The number of nitrogens with one attached hydrogen (secondary N) is 1. The van der Waals surface area contributed by atoms with Crippen molar-refractivity contribution in [3.8, 4) is 0 Å². The predicted molar refractivity (Wildman–Crippen MR) is 174 cm³/mol. The molecule has 42 heavy (non-hydrogen) atoms. The van der Waals surface area contributed by atoms with Gasteiger partial charge in [-0.05, 0) is 81.1 Å². The summed E-state index contributed by atoms with van der Waals surface area (Å²) < 4.78 is 47.2. The van der Waals surface area contributed by atoms with Crippen LogP contribution in [0.1, 0.15) is 102 Å². The average Bonchev–Trinajstić information content (AvgIpc) is 3.46. The molecule has 2 aliphatic carbocycles. The van der Waals surface area contributed by atoms with E-state index in [4.69, 9.17) is 5.11 Å². The highest BCUT2D eigenvalue weighted by atomic mass is 32.2. The summed E-state index contributed by atoms with van der Waals surface area (Å²) in [6.45, 7) is 20.1. The number of hydrogen-bond acceptors (Lipinski definition) is 6. The van der Waals surface area contributed by atoms with Crippen LogP contribution in [0.2, 0.25) is 0 Å². The lowest BCUT2D eigenvalue weighted by Crippen LogP contribution is -2.41. The number of nitrogens with zero attached hydrogens (tertiary/aromatic N) is 1. The van der Waals surface area contributed by atoms with Gasteiger partial charge in [-0.1, -0.05) is 75.7 Å². The van der Waals surface area contributed by atoms with Crippen molar-refractivity contribution in [2.75, 3.05) is 25.6 Å². The van der Waals surface area contributed by atoms with Crippen LogP contribution >= 0.6 is 0 Å². The molecule has 0 aromatic heterocycles. The average molecular weight is 641 g/mol. The Bertz CT molecular complexity index is 1020. The molecule has 2 rings (SSSR count). The third kappa shape index (κ3) is 12.1. The maximum atomic E-state index is 12.4. The topological polar surface area (TPSA) is 138 Å². The number of carboxylic acid groups (broad SMARTS) is 1. The molecule has 0 aliphatic heterocycles. The first-order valence-corrected chi connectivity index (χ1v) is 18.6. The van der Waals surface area contributed by atoms with E-state index in [0.717, 1.165) is 16.6 Å². The lowest BCUT2D eigenvalue weighted by molar-refractivity contribution is -0.143. The third-order valence-electron chi connectivity index (χ3n) is 10.5. The third-order valence-corrected chi connectivity index (χ3v) is 13.7. The summed E-state index contributed by atoms with van der Waals surface area (Å²) in [5.41, 5.74) is 0. The fraction of sp³-hybridized carbons (Fsp3) is 0.935. The molecule has 0 bridgehead atoms. The second-order valence-corrected chi connectivity index (χ2v) is 17.1. The van der Waals surface area contributed by atoms with Crippen LogP contribution in [0.4, 0.5) is 0 Å². The van der Waals surface area contributed by atoms with Gasteiger partial charge in [0.1, 0.15) is 0 Å². The van der Waals surface area contributed by atoms with E-state index in [2.05, 4.69) is 46.3 Å². The number of amides is 1. The molecule has 0 saturated heterocycles. The summed E-state index contributed by atoms with van der Waals surface area (Å²) in [6.07, 6.45) is 4.83. The van der Waals surface area contributed by atoms with Gasteiger partial charge in [-0.25, -0.2) is 25.9 Å². The smallest absolute Gasteiger partial charge is 0.306 e.